The van der Waals surface area contributed by atoms with Crippen molar-refractivity contribution in [1.29, 1.82) is 0 Å². The van der Waals surface area contributed by atoms with Gasteiger partial charge in [-0.3, -0.25) is 14.7 Å². The maximum atomic E-state index is 12.3. The number of thioether (sulfide) groups is 1. The van der Waals surface area contributed by atoms with Crippen LogP contribution < -0.4 is 10.2 Å². The highest BCUT2D eigenvalue weighted by Crippen LogP contribution is 2.22. The van der Waals surface area contributed by atoms with Crippen LogP contribution in [0, 0.1) is 0 Å². The van der Waals surface area contributed by atoms with Crippen LogP contribution in [0.4, 0.5) is 11.9 Å². The predicted octanol–water partition coefficient (Wildman–Crippen LogP) is 2.76. The SMILES string of the molecule is O=C(CSc1nncn1-c1cccc(Cl)c1)Nc1nc(N2CCCCC2)n[nH]1. The van der Waals surface area contributed by atoms with E-state index in [2.05, 4.69) is 35.6 Å². The van der Waals surface area contributed by atoms with E-state index in [0.717, 1.165) is 31.6 Å². The number of piperidine rings is 1. The van der Waals surface area contributed by atoms with Crippen molar-refractivity contribution >= 4 is 41.2 Å². The molecule has 3 heterocycles. The fraction of sp³-hybridized carbons (Fsp3) is 0.353. The van der Waals surface area contributed by atoms with Crippen molar-refractivity contribution in [1.82, 2.24) is 29.9 Å². The van der Waals surface area contributed by atoms with Gasteiger partial charge in [0.25, 0.3) is 0 Å². The normalized spacial score (nSPS) is 14.2. The number of carbonyl (C=O) groups is 1. The summed E-state index contributed by atoms with van der Waals surface area (Å²) in [6.45, 7) is 1.89. The van der Waals surface area contributed by atoms with Gasteiger partial charge in [-0.1, -0.05) is 29.4 Å². The molecule has 146 valence electrons. The number of nitrogens with zero attached hydrogens (tertiary/aromatic N) is 6. The van der Waals surface area contributed by atoms with Gasteiger partial charge in [-0.15, -0.1) is 15.3 Å². The molecule has 28 heavy (non-hydrogen) atoms. The number of nitrogens with one attached hydrogen (secondary N) is 2. The lowest BCUT2D eigenvalue weighted by Crippen LogP contribution is -2.30. The van der Waals surface area contributed by atoms with Gasteiger partial charge in [0.15, 0.2) is 5.16 Å². The van der Waals surface area contributed by atoms with Crippen LogP contribution in [0.25, 0.3) is 5.69 Å². The number of rotatable bonds is 6. The molecule has 3 aromatic rings. The molecule has 0 bridgehead atoms. The van der Waals surface area contributed by atoms with E-state index in [1.165, 1.54) is 18.2 Å². The average Bonchev–Trinajstić information content (AvgIpc) is 3.36. The topological polar surface area (TPSA) is 105 Å². The third kappa shape index (κ3) is 4.45. The standard InChI is InChI=1S/C17H19ClN8OS/c18-12-5-4-6-13(9-12)26-11-19-24-17(26)28-10-14(27)20-15-21-16(23-22-15)25-7-2-1-3-8-25/h4-6,9,11H,1-3,7-8,10H2,(H2,20,21,22,23,27). The number of hydrogen-bond donors (Lipinski definition) is 2. The van der Waals surface area contributed by atoms with E-state index >= 15 is 0 Å². The summed E-state index contributed by atoms with van der Waals surface area (Å²) in [6, 6.07) is 7.36. The van der Waals surface area contributed by atoms with Crippen molar-refractivity contribution in [3.63, 3.8) is 0 Å². The van der Waals surface area contributed by atoms with Gasteiger partial charge in [-0.05, 0) is 37.5 Å². The quantitative estimate of drug-likeness (QED) is 0.593. The molecule has 2 aromatic heterocycles. The third-order valence-electron chi connectivity index (χ3n) is 4.31. The molecule has 0 atom stereocenters. The molecule has 0 unspecified atom stereocenters. The second-order valence-electron chi connectivity index (χ2n) is 6.33. The van der Waals surface area contributed by atoms with Gasteiger partial charge in [0, 0.05) is 18.1 Å². The maximum Gasteiger partial charge on any atom is 0.246 e. The van der Waals surface area contributed by atoms with Gasteiger partial charge in [0.1, 0.15) is 6.33 Å². The molecule has 1 aromatic carbocycles. The first-order chi connectivity index (χ1) is 13.7. The van der Waals surface area contributed by atoms with Crippen LogP contribution in [-0.4, -0.2) is 54.7 Å². The van der Waals surface area contributed by atoms with Crippen molar-refractivity contribution in [2.24, 2.45) is 0 Å². The van der Waals surface area contributed by atoms with Crippen molar-refractivity contribution in [3.8, 4) is 5.69 Å². The molecule has 0 saturated carbocycles. The summed E-state index contributed by atoms with van der Waals surface area (Å²) in [4.78, 5) is 18.8. The molecule has 1 saturated heterocycles. The molecule has 4 rings (SSSR count). The van der Waals surface area contributed by atoms with Gasteiger partial charge in [0.05, 0.1) is 11.4 Å². The van der Waals surface area contributed by atoms with E-state index < -0.39 is 0 Å². The van der Waals surface area contributed by atoms with Crippen LogP contribution in [0.1, 0.15) is 19.3 Å². The molecule has 1 amide bonds. The zero-order chi connectivity index (χ0) is 19.3. The Bertz CT molecular complexity index is 952. The van der Waals surface area contributed by atoms with Gasteiger partial charge in [-0.2, -0.15) is 4.98 Å². The summed E-state index contributed by atoms with van der Waals surface area (Å²) in [5.41, 5.74) is 0.835. The summed E-state index contributed by atoms with van der Waals surface area (Å²) < 4.78 is 1.78. The maximum absolute atomic E-state index is 12.3. The minimum atomic E-state index is -0.202. The van der Waals surface area contributed by atoms with E-state index in [1.54, 1.807) is 17.0 Å². The third-order valence-corrected chi connectivity index (χ3v) is 5.48. The van der Waals surface area contributed by atoms with Crippen LogP contribution in [0.5, 0.6) is 0 Å². The molecular formula is C17H19ClN8OS. The van der Waals surface area contributed by atoms with Crippen LogP contribution in [0.15, 0.2) is 35.7 Å². The number of anilines is 2. The second kappa shape index (κ2) is 8.61. The van der Waals surface area contributed by atoms with Gasteiger partial charge < -0.3 is 4.90 Å². The number of hydrogen-bond acceptors (Lipinski definition) is 7. The Balaban J connectivity index is 1.34. The molecule has 9 nitrogen and oxygen atoms in total. The Labute approximate surface area is 170 Å². The van der Waals surface area contributed by atoms with Crippen molar-refractivity contribution in [3.05, 3.63) is 35.6 Å². The van der Waals surface area contributed by atoms with Crippen LogP contribution in [-0.2, 0) is 4.79 Å². The van der Waals surface area contributed by atoms with Crippen molar-refractivity contribution < 1.29 is 4.79 Å². The smallest absolute Gasteiger partial charge is 0.246 e. The number of aromatic nitrogens is 6. The van der Waals surface area contributed by atoms with E-state index in [-0.39, 0.29) is 11.7 Å². The number of aromatic amines is 1. The van der Waals surface area contributed by atoms with Crippen molar-refractivity contribution in [2.75, 3.05) is 29.1 Å². The number of carbonyl (C=O) groups excluding carboxylic acids is 1. The molecule has 11 heteroatoms. The highest BCUT2D eigenvalue weighted by molar-refractivity contribution is 7.99. The molecule has 1 fully saturated rings. The van der Waals surface area contributed by atoms with Gasteiger partial charge in [-0.25, -0.2) is 5.10 Å². The number of halogens is 1. The second-order valence-corrected chi connectivity index (χ2v) is 7.71. The summed E-state index contributed by atoms with van der Waals surface area (Å²) in [5, 5.41) is 18.9. The molecule has 1 aliphatic rings. The summed E-state index contributed by atoms with van der Waals surface area (Å²) in [7, 11) is 0. The lowest BCUT2D eigenvalue weighted by molar-refractivity contribution is -0.113. The summed E-state index contributed by atoms with van der Waals surface area (Å²) in [6.07, 6.45) is 5.11. The van der Waals surface area contributed by atoms with E-state index in [4.69, 9.17) is 11.6 Å². The number of benzene rings is 1. The molecule has 0 radical (unpaired) electrons. The number of amides is 1. The summed E-state index contributed by atoms with van der Waals surface area (Å²) in [5.74, 6) is 0.941. The minimum Gasteiger partial charge on any atom is -0.340 e. The Kier molecular flexibility index (Phi) is 5.77. The zero-order valence-electron chi connectivity index (χ0n) is 15.0. The van der Waals surface area contributed by atoms with Crippen LogP contribution >= 0.6 is 23.4 Å². The molecule has 0 aliphatic carbocycles. The Morgan fingerprint density at radius 1 is 1.29 bits per heavy atom. The summed E-state index contributed by atoms with van der Waals surface area (Å²) >= 11 is 7.32. The Morgan fingerprint density at radius 3 is 2.96 bits per heavy atom. The molecule has 0 spiro atoms. The van der Waals surface area contributed by atoms with Crippen molar-refractivity contribution in [2.45, 2.75) is 24.4 Å². The highest BCUT2D eigenvalue weighted by atomic mass is 35.5. The fourth-order valence-electron chi connectivity index (χ4n) is 2.97. The number of H-pyrrole nitrogens is 1. The first-order valence-electron chi connectivity index (χ1n) is 8.95. The fourth-order valence-corrected chi connectivity index (χ4v) is 3.88. The lowest BCUT2D eigenvalue weighted by atomic mass is 10.1. The first-order valence-corrected chi connectivity index (χ1v) is 10.3. The largest absolute Gasteiger partial charge is 0.340 e. The Hall–Kier alpha value is -2.59. The van der Waals surface area contributed by atoms with Gasteiger partial charge >= 0.3 is 0 Å². The average molecular weight is 419 g/mol. The minimum absolute atomic E-state index is 0.166. The monoisotopic (exact) mass is 418 g/mol. The van der Waals surface area contributed by atoms with Crippen LogP contribution in [0.2, 0.25) is 5.02 Å². The highest BCUT2D eigenvalue weighted by Gasteiger charge is 2.17. The van der Waals surface area contributed by atoms with E-state index in [1.807, 2.05) is 18.2 Å². The van der Waals surface area contributed by atoms with E-state index in [0.29, 0.717) is 22.1 Å². The molecule has 2 N–H and O–H groups in total. The predicted molar refractivity (Wildman–Crippen MR) is 108 cm³/mol. The lowest BCUT2D eigenvalue weighted by Gasteiger charge is -2.24. The zero-order valence-corrected chi connectivity index (χ0v) is 16.6. The molecule has 1 aliphatic heterocycles. The Morgan fingerprint density at radius 2 is 2.14 bits per heavy atom. The van der Waals surface area contributed by atoms with Gasteiger partial charge in [0.2, 0.25) is 17.8 Å². The van der Waals surface area contributed by atoms with E-state index in [9.17, 15) is 4.79 Å². The van der Waals surface area contributed by atoms with Crippen LogP contribution in [0.3, 0.4) is 0 Å². The first kappa shape index (κ1) is 18.8. The molecular weight excluding hydrogens is 400 g/mol.